The lowest BCUT2D eigenvalue weighted by Crippen LogP contribution is -2.09. The highest BCUT2D eigenvalue weighted by molar-refractivity contribution is 6.67. The van der Waals surface area contributed by atoms with Crippen LogP contribution in [-0.4, -0.2) is 18.3 Å². The van der Waals surface area contributed by atoms with Crippen LogP contribution >= 0.6 is 23.2 Å². The average molecular weight is 251 g/mol. The summed E-state index contributed by atoms with van der Waals surface area (Å²) in [4.78, 5) is 21.9. The summed E-state index contributed by atoms with van der Waals surface area (Å²) >= 11 is 10.7. The number of carbonyl (C=O) groups excluding carboxylic acids is 2. The molecule has 1 aromatic carbocycles. The van der Waals surface area contributed by atoms with Crippen LogP contribution in [0.2, 0.25) is 5.02 Å². The summed E-state index contributed by atoms with van der Waals surface area (Å²) < 4.78 is 17.8. The number of hydrogen-bond acceptors (Lipinski definition) is 3. The van der Waals surface area contributed by atoms with Crippen LogP contribution in [0.4, 0.5) is 4.39 Å². The normalized spacial score (nSPS) is 9.87. The lowest BCUT2D eigenvalue weighted by atomic mass is 10.1. The van der Waals surface area contributed by atoms with Gasteiger partial charge in [-0.3, -0.25) is 4.79 Å². The Balaban J connectivity index is 3.43. The van der Waals surface area contributed by atoms with Crippen molar-refractivity contribution in [1.82, 2.24) is 0 Å². The topological polar surface area (TPSA) is 43.4 Å². The van der Waals surface area contributed by atoms with E-state index in [9.17, 15) is 14.0 Å². The van der Waals surface area contributed by atoms with Crippen LogP contribution in [0.3, 0.4) is 0 Å². The highest BCUT2D eigenvalue weighted by Gasteiger charge is 2.22. The van der Waals surface area contributed by atoms with Gasteiger partial charge in [0.25, 0.3) is 5.24 Å². The van der Waals surface area contributed by atoms with E-state index in [4.69, 9.17) is 23.2 Å². The maximum atomic E-state index is 13.5. The third-order valence-electron chi connectivity index (χ3n) is 1.69. The first kappa shape index (κ1) is 11.9. The Morgan fingerprint density at radius 2 is 2.00 bits per heavy atom. The molecule has 0 spiro atoms. The first-order valence-electron chi connectivity index (χ1n) is 3.75. The van der Waals surface area contributed by atoms with Gasteiger partial charge in [-0.15, -0.1) is 0 Å². The van der Waals surface area contributed by atoms with Crippen molar-refractivity contribution in [2.75, 3.05) is 7.11 Å². The van der Waals surface area contributed by atoms with Gasteiger partial charge < -0.3 is 4.74 Å². The predicted octanol–water partition coefficient (Wildman–Crippen LogP) is 2.64. The zero-order chi connectivity index (χ0) is 11.6. The van der Waals surface area contributed by atoms with Gasteiger partial charge in [-0.05, 0) is 23.7 Å². The van der Waals surface area contributed by atoms with Crippen molar-refractivity contribution in [3.63, 3.8) is 0 Å². The Hall–Kier alpha value is -1.13. The number of ether oxygens (including phenoxy) is 1. The van der Waals surface area contributed by atoms with Gasteiger partial charge in [0.05, 0.1) is 17.7 Å². The van der Waals surface area contributed by atoms with E-state index in [0.29, 0.717) is 0 Å². The number of rotatable bonds is 2. The third-order valence-corrected chi connectivity index (χ3v) is 2.21. The van der Waals surface area contributed by atoms with Crippen LogP contribution in [0, 0.1) is 5.82 Å². The molecular weight excluding hydrogens is 246 g/mol. The lowest BCUT2D eigenvalue weighted by molar-refractivity contribution is 0.0595. The van der Waals surface area contributed by atoms with Gasteiger partial charge in [-0.25, -0.2) is 9.18 Å². The van der Waals surface area contributed by atoms with Crippen LogP contribution in [-0.2, 0) is 4.74 Å². The molecule has 0 fully saturated rings. The van der Waals surface area contributed by atoms with E-state index in [1.54, 1.807) is 0 Å². The molecule has 0 saturated carbocycles. The smallest absolute Gasteiger partial charge is 0.342 e. The van der Waals surface area contributed by atoms with E-state index < -0.39 is 28.2 Å². The second kappa shape index (κ2) is 4.59. The van der Waals surface area contributed by atoms with Gasteiger partial charge >= 0.3 is 5.97 Å². The SMILES string of the molecule is COC(=O)c1c(Cl)ccc(C(=O)Cl)c1F. The standard InChI is InChI=1S/C9H5Cl2FO3/c1-15-9(14)6-5(10)3-2-4(7(6)12)8(11)13/h2-3H,1H3. The predicted molar refractivity (Wildman–Crippen MR) is 52.9 cm³/mol. The summed E-state index contributed by atoms with van der Waals surface area (Å²) in [5, 5.41) is -1.14. The highest BCUT2D eigenvalue weighted by Crippen LogP contribution is 2.24. The molecule has 0 heterocycles. The largest absolute Gasteiger partial charge is 0.465 e. The van der Waals surface area contributed by atoms with Gasteiger partial charge in [0.15, 0.2) is 5.82 Å². The fourth-order valence-electron chi connectivity index (χ4n) is 0.993. The molecular formula is C9H5Cl2FO3. The van der Waals surface area contributed by atoms with Gasteiger partial charge in [0.2, 0.25) is 0 Å². The number of hydrogen-bond donors (Lipinski definition) is 0. The molecule has 0 aliphatic rings. The molecule has 1 aromatic rings. The molecule has 0 aliphatic carbocycles. The molecule has 3 nitrogen and oxygen atoms in total. The van der Waals surface area contributed by atoms with Crippen LogP contribution < -0.4 is 0 Å². The maximum absolute atomic E-state index is 13.5. The fourth-order valence-corrected chi connectivity index (χ4v) is 1.36. The monoisotopic (exact) mass is 250 g/mol. The minimum atomic E-state index is -1.07. The Bertz CT molecular complexity index is 432. The number of methoxy groups -OCH3 is 1. The average Bonchev–Trinajstić information content (AvgIpc) is 2.16. The van der Waals surface area contributed by atoms with Crippen molar-refractivity contribution < 1.29 is 18.7 Å². The Labute approximate surface area is 94.7 Å². The van der Waals surface area contributed by atoms with Crippen molar-refractivity contribution in [2.24, 2.45) is 0 Å². The molecule has 0 aromatic heterocycles. The number of halogens is 3. The molecule has 6 heteroatoms. The molecule has 15 heavy (non-hydrogen) atoms. The van der Waals surface area contributed by atoms with Crippen LogP contribution in [0.25, 0.3) is 0 Å². The fraction of sp³-hybridized carbons (Fsp3) is 0.111. The molecule has 0 N–H and O–H groups in total. The summed E-state index contributed by atoms with van der Waals surface area (Å²) in [6.07, 6.45) is 0. The van der Waals surface area contributed by atoms with Crippen molar-refractivity contribution in [3.8, 4) is 0 Å². The molecule has 80 valence electrons. The second-order valence-electron chi connectivity index (χ2n) is 2.55. The van der Waals surface area contributed by atoms with E-state index in [-0.39, 0.29) is 5.02 Å². The number of carbonyl (C=O) groups is 2. The molecule has 0 saturated heterocycles. The first-order valence-corrected chi connectivity index (χ1v) is 4.50. The lowest BCUT2D eigenvalue weighted by Gasteiger charge is -2.05. The number of esters is 1. The Kier molecular flexibility index (Phi) is 3.66. The third kappa shape index (κ3) is 2.27. The molecule has 0 unspecified atom stereocenters. The minimum Gasteiger partial charge on any atom is -0.465 e. The van der Waals surface area contributed by atoms with E-state index in [2.05, 4.69) is 4.74 Å². The number of benzene rings is 1. The van der Waals surface area contributed by atoms with Gasteiger partial charge in [-0.1, -0.05) is 11.6 Å². The van der Waals surface area contributed by atoms with Crippen molar-refractivity contribution in [3.05, 3.63) is 34.1 Å². The zero-order valence-corrected chi connectivity index (χ0v) is 9.03. The summed E-state index contributed by atoms with van der Waals surface area (Å²) in [6.45, 7) is 0. The highest BCUT2D eigenvalue weighted by atomic mass is 35.5. The van der Waals surface area contributed by atoms with Crippen LogP contribution in [0.1, 0.15) is 20.7 Å². The Morgan fingerprint density at radius 3 is 2.47 bits per heavy atom. The second-order valence-corrected chi connectivity index (χ2v) is 3.30. The zero-order valence-electron chi connectivity index (χ0n) is 7.51. The summed E-state index contributed by atoms with van der Waals surface area (Å²) in [7, 11) is 1.08. The maximum Gasteiger partial charge on any atom is 0.342 e. The molecule has 0 bridgehead atoms. The van der Waals surface area contributed by atoms with E-state index in [1.165, 1.54) is 6.07 Å². The van der Waals surface area contributed by atoms with Crippen LogP contribution in [0.5, 0.6) is 0 Å². The van der Waals surface area contributed by atoms with E-state index >= 15 is 0 Å². The van der Waals surface area contributed by atoms with Crippen molar-refractivity contribution in [2.45, 2.75) is 0 Å². The minimum absolute atomic E-state index is 0.138. The van der Waals surface area contributed by atoms with Gasteiger partial charge in [0.1, 0.15) is 5.56 Å². The van der Waals surface area contributed by atoms with Crippen LogP contribution in [0.15, 0.2) is 12.1 Å². The van der Waals surface area contributed by atoms with E-state index in [0.717, 1.165) is 13.2 Å². The first-order chi connectivity index (χ1) is 6.99. The summed E-state index contributed by atoms with van der Waals surface area (Å²) in [6, 6.07) is 2.30. The van der Waals surface area contributed by atoms with Crippen molar-refractivity contribution in [1.29, 1.82) is 0 Å². The van der Waals surface area contributed by atoms with Gasteiger partial charge in [-0.2, -0.15) is 0 Å². The molecule has 0 aliphatic heterocycles. The molecule has 1 rings (SSSR count). The molecule has 0 atom stereocenters. The van der Waals surface area contributed by atoms with Crippen molar-refractivity contribution >= 4 is 34.4 Å². The molecule has 0 radical (unpaired) electrons. The quantitative estimate of drug-likeness (QED) is 0.599. The molecule has 0 amide bonds. The summed E-state index contributed by atoms with van der Waals surface area (Å²) in [5.41, 5.74) is -0.910. The van der Waals surface area contributed by atoms with Gasteiger partial charge in [0, 0.05) is 0 Å². The Morgan fingerprint density at radius 1 is 1.40 bits per heavy atom. The summed E-state index contributed by atoms with van der Waals surface area (Å²) in [5.74, 6) is -2.04. The van der Waals surface area contributed by atoms with E-state index in [1.807, 2.05) is 0 Å².